The average Bonchev–Trinajstić information content (AvgIpc) is 3.42. The lowest BCUT2D eigenvalue weighted by molar-refractivity contribution is 0.0988. The van der Waals surface area contributed by atoms with E-state index >= 15 is 0 Å². The number of anilines is 3. The molecule has 0 aliphatic carbocycles. The van der Waals surface area contributed by atoms with E-state index < -0.39 is 0 Å². The fourth-order valence-corrected chi connectivity index (χ4v) is 4.06. The van der Waals surface area contributed by atoms with E-state index in [-0.39, 0.29) is 11.9 Å². The van der Waals surface area contributed by atoms with Gasteiger partial charge in [-0.3, -0.25) is 4.79 Å². The summed E-state index contributed by atoms with van der Waals surface area (Å²) >= 11 is 0. The summed E-state index contributed by atoms with van der Waals surface area (Å²) in [5.74, 6) is 1.60. The van der Waals surface area contributed by atoms with Crippen molar-refractivity contribution in [2.45, 2.75) is 25.8 Å². The summed E-state index contributed by atoms with van der Waals surface area (Å²) in [6.07, 6.45) is 5.03. The Bertz CT molecular complexity index is 1040. The zero-order valence-corrected chi connectivity index (χ0v) is 16.1. The van der Waals surface area contributed by atoms with Gasteiger partial charge in [0, 0.05) is 43.1 Å². The van der Waals surface area contributed by atoms with Crippen LogP contribution in [0, 0.1) is 0 Å². The normalized spacial score (nSPS) is 18.4. The van der Waals surface area contributed by atoms with Gasteiger partial charge in [-0.15, -0.1) is 10.2 Å². The zero-order chi connectivity index (χ0) is 19.8. The Morgan fingerprint density at radius 3 is 3.10 bits per heavy atom. The Balaban J connectivity index is 1.57. The van der Waals surface area contributed by atoms with Gasteiger partial charge in [0.05, 0.1) is 0 Å². The number of carbonyl (C=O) groups excluding carboxylic acids is 1. The van der Waals surface area contributed by atoms with E-state index in [9.17, 15) is 4.79 Å². The molecule has 5 rings (SSSR count). The van der Waals surface area contributed by atoms with Gasteiger partial charge in [-0.2, -0.15) is 4.98 Å². The summed E-state index contributed by atoms with van der Waals surface area (Å²) < 4.78 is 5.31. The highest BCUT2D eigenvalue weighted by Crippen LogP contribution is 2.34. The minimum atomic E-state index is -0.0971. The first-order valence-electron chi connectivity index (χ1n) is 9.80. The molecule has 2 aliphatic rings. The average molecular weight is 391 g/mol. The van der Waals surface area contributed by atoms with Crippen LogP contribution >= 0.6 is 0 Å². The SMILES string of the molecule is CCNc1ncc2c(n1)N1CCCC1CN(c1cccc(-c3nnco3)c1)C2=O. The van der Waals surface area contributed by atoms with Gasteiger partial charge in [-0.25, -0.2) is 4.98 Å². The van der Waals surface area contributed by atoms with Gasteiger partial charge in [0.1, 0.15) is 11.4 Å². The molecule has 0 spiro atoms. The highest BCUT2D eigenvalue weighted by molar-refractivity contribution is 6.10. The molecular weight excluding hydrogens is 370 g/mol. The minimum absolute atomic E-state index is 0.0971. The number of carbonyl (C=O) groups is 1. The first kappa shape index (κ1) is 17.6. The molecular formula is C20H21N7O2. The van der Waals surface area contributed by atoms with E-state index in [1.165, 1.54) is 6.39 Å². The van der Waals surface area contributed by atoms with Gasteiger partial charge >= 0.3 is 0 Å². The number of rotatable bonds is 4. The first-order valence-corrected chi connectivity index (χ1v) is 9.80. The van der Waals surface area contributed by atoms with Crippen LogP contribution in [-0.2, 0) is 0 Å². The standard InChI is InChI=1S/C20H21N7O2/c1-2-21-20-22-10-16-17(24-20)26-8-4-7-15(26)11-27(19(16)28)14-6-3-5-13(9-14)18-25-23-12-29-18/h3,5-6,9-10,12,15H,2,4,7-8,11H2,1H3,(H,21,22,24). The van der Waals surface area contributed by atoms with E-state index in [1.54, 1.807) is 6.20 Å². The van der Waals surface area contributed by atoms with Crippen LogP contribution in [0.2, 0.25) is 0 Å². The van der Waals surface area contributed by atoms with E-state index in [2.05, 4.69) is 30.4 Å². The number of fused-ring (bicyclic) bond motifs is 3. The van der Waals surface area contributed by atoms with Crippen LogP contribution in [0.3, 0.4) is 0 Å². The number of nitrogens with zero attached hydrogens (tertiary/aromatic N) is 6. The van der Waals surface area contributed by atoms with Crippen LogP contribution < -0.4 is 15.1 Å². The second-order valence-corrected chi connectivity index (χ2v) is 7.16. The summed E-state index contributed by atoms with van der Waals surface area (Å²) in [4.78, 5) is 26.6. The van der Waals surface area contributed by atoms with Gasteiger partial charge in [-0.1, -0.05) is 6.07 Å². The molecule has 1 saturated heterocycles. The maximum Gasteiger partial charge on any atom is 0.263 e. The topological polar surface area (TPSA) is 100 Å². The van der Waals surface area contributed by atoms with Gasteiger partial charge < -0.3 is 19.5 Å². The molecule has 1 amide bonds. The van der Waals surface area contributed by atoms with Crippen molar-refractivity contribution in [3.8, 4) is 11.5 Å². The predicted molar refractivity (Wildman–Crippen MR) is 108 cm³/mol. The number of amides is 1. The molecule has 1 aromatic carbocycles. The van der Waals surface area contributed by atoms with E-state index in [0.29, 0.717) is 23.9 Å². The second-order valence-electron chi connectivity index (χ2n) is 7.16. The molecule has 1 unspecified atom stereocenters. The lowest BCUT2D eigenvalue weighted by Crippen LogP contribution is -2.39. The molecule has 4 heterocycles. The predicted octanol–water partition coefficient (Wildman–Crippen LogP) is 2.59. The van der Waals surface area contributed by atoms with E-state index in [1.807, 2.05) is 36.1 Å². The summed E-state index contributed by atoms with van der Waals surface area (Å²) in [6.45, 7) is 4.21. The van der Waals surface area contributed by atoms with Crippen molar-refractivity contribution >= 4 is 23.4 Å². The molecule has 9 nitrogen and oxygen atoms in total. The Morgan fingerprint density at radius 2 is 2.28 bits per heavy atom. The minimum Gasteiger partial charge on any atom is -0.423 e. The summed E-state index contributed by atoms with van der Waals surface area (Å²) in [7, 11) is 0. The van der Waals surface area contributed by atoms with Gasteiger partial charge in [0.2, 0.25) is 18.2 Å². The summed E-state index contributed by atoms with van der Waals surface area (Å²) in [6, 6.07) is 7.84. The van der Waals surface area contributed by atoms with Crippen molar-refractivity contribution in [2.24, 2.45) is 0 Å². The Hall–Kier alpha value is -3.49. The fourth-order valence-electron chi connectivity index (χ4n) is 4.06. The molecule has 1 fully saturated rings. The lowest BCUT2D eigenvalue weighted by atomic mass is 10.1. The molecule has 29 heavy (non-hydrogen) atoms. The molecule has 2 aromatic heterocycles. The highest BCUT2D eigenvalue weighted by atomic mass is 16.4. The molecule has 2 aliphatic heterocycles. The number of benzene rings is 1. The third-order valence-corrected chi connectivity index (χ3v) is 5.39. The molecule has 9 heteroatoms. The number of hydrogen-bond acceptors (Lipinski definition) is 8. The van der Waals surface area contributed by atoms with E-state index in [4.69, 9.17) is 4.42 Å². The quantitative estimate of drug-likeness (QED) is 0.724. The van der Waals surface area contributed by atoms with Gasteiger partial charge in [0.25, 0.3) is 5.91 Å². The van der Waals surface area contributed by atoms with Crippen molar-refractivity contribution in [1.82, 2.24) is 20.2 Å². The van der Waals surface area contributed by atoms with Crippen LogP contribution in [0.4, 0.5) is 17.5 Å². The number of aromatic nitrogens is 4. The van der Waals surface area contributed by atoms with E-state index in [0.717, 1.165) is 43.0 Å². The molecule has 0 saturated carbocycles. The smallest absolute Gasteiger partial charge is 0.263 e. The molecule has 148 valence electrons. The number of hydrogen-bond donors (Lipinski definition) is 1. The summed E-state index contributed by atoms with van der Waals surface area (Å²) in [5, 5.41) is 10.9. The summed E-state index contributed by atoms with van der Waals surface area (Å²) in [5.41, 5.74) is 2.10. The maximum absolute atomic E-state index is 13.5. The fraction of sp³-hybridized carbons (Fsp3) is 0.350. The maximum atomic E-state index is 13.5. The van der Waals surface area contributed by atoms with Crippen molar-refractivity contribution in [1.29, 1.82) is 0 Å². The largest absolute Gasteiger partial charge is 0.423 e. The van der Waals surface area contributed by atoms with Gasteiger partial charge in [0.15, 0.2) is 0 Å². The van der Waals surface area contributed by atoms with Crippen molar-refractivity contribution in [3.63, 3.8) is 0 Å². The molecule has 1 N–H and O–H groups in total. The second kappa shape index (κ2) is 7.16. The Morgan fingerprint density at radius 1 is 1.34 bits per heavy atom. The van der Waals surface area contributed by atoms with Crippen molar-refractivity contribution in [2.75, 3.05) is 34.8 Å². The monoisotopic (exact) mass is 391 g/mol. The molecule has 0 bridgehead atoms. The first-order chi connectivity index (χ1) is 14.2. The van der Waals surface area contributed by atoms with Crippen LogP contribution in [0.25, 0.3) is 11.5 Å². The third-order valence-electron chi connectivity index (χ3n) is 5.39. The third kappa shape index (κ3) is 3.08. The van der Waals surface area contributed by atoms with Crippen LogP contribution in [0.15, 0.2) is 41.3 Å². The van der Waals surface area contributed by atoms with Crippen LogP contribution in [-0.4, -0.2) is 51.7 Å². The molecule has 1 atom stereocenters. The highest BCUT2D eigenvalue weighted by Gasteiger charge is 2.37. The van der Waals surface area contributed by atoms with Crippen LogP contribution in [0.5, 0.6) is 0 Å². The zero-order valence-electron chi connectivity index (χ0n) is 16.1. The van der Waals surface area contributed by atoms with Gasteiger partial charge in [-0.05, 0) is 38.0 Å². The Kier molecular flexibility index (Phi) is 4.34. The van der Waals surface area contributed by atoms with Crippen LogP contribution in [0.1, 0.15) is 30.1 Å². The molecule has 3 aromatic rings. The lowest BCUT2D eigenvalue weighted by Gasteiger charge is -2.27. The van der Waals surface area contributed by atoms with Crippen molar-refractivity contribution in [3.05, 3.63) is 42.4 Å². The number of nitrogens with one attached hydrogen (secondary N) is 1. The van der Waals surface area contributed by atoms with Crippen molar-refractivity contribution < 1.29 is 9.21 Å². The Labute approximate surface area is 167 Å². The molecule has 0 radical (unpaired) electrons.